The fourth-order valence-electron chi connectivity index (χ4n) is 1.61. The van der Waals surface area contributed by atoms with E-state index in [0.29, 0.717) is 10.8 Å². The van der Waals surface area contributed by atoms with Crippen molar-refractivity contribution in [2.24, 2.45) is 0 Å². The van der Waals surface area contributed by atoms with E-state index in [0.717, 1.165) is 10.8 Å². The van der Waals surface area contributed by atoms with Gasteiger partial charge >= 0.3 is 0 Å². The van der Waals surface area contributed by atoms with E-state index in [2.05, 4.69) is 0 Å². The van der Waals surface area contributed by atoms with Crippen LogP contribution in [-0.2, 0) is 4.79 Å². The summed E-state index contributed by atoms with van der Waals surface area (Å²) < 4.78 is 5.64. The van der Waals surface area contributed by atoms with Crippen LogP contribution >= 0.6 is 11.6 Å². The van der Waals surface area contributed by atoms with E-state index in [-0.39, 0.29) is 5.78 Å². The third-order valence-corrected chi connectivity index (χ3v) is 3.04. The molecule has 0 fully saturated rings. The molecule has 0 aromatic heterocycles. The minimum atomic E-state index is -0.445. The highest BCUT2D eigenvalue weighted by Gasteiger charge is 2.12. The van der Waals surface area contributed by atoms with Gasteiger partial charge < -0.3 is 4.74 Å². The summed E-state index contributed by atoms with van der Waals surface area (Å²) in [5.74, 6) is 0.691. The van der Waals surface area contributed by atoms with Gasteiger partial charge in [-0.25, -0.2) is 0 Å². The van der Waals surface area contributed by atoms with Crippen molar-refractivity contribution in [3.8, 4) is 5.75 Å². The van der Waals surface area contributed by atoms with Crippen molar-refractivity contribution in [3.05, 3.63) is 41.4 Å². The predicted octanol–water partition coefficient (Wildman–Crippen LogP) is 3.85. The number of carbonyl (C=O) groups excluding carboxylic acids is 1. The zero-order valence-electron chi connectivity index (χ0n) is 9.74. The van der Waals surface area contributed by atoms with Crippen LogP contribution in [0.5, 0.6) is 5.75 Å². The smallest absolute Gasteiger partial charge is 0.169 e. The molecule has 17 heavy (non-hydrogen) atoms. The summed E-state index contributed by atoms with van der Waals surface area (Å²) in [7, 11) is 0. The van der Waals surface area contributed by atoms with Gasteiger partial charge in [0.05, 0.1) is 0 Å². The Balaban J connectivity index is 2.48. The fraction of sp³-hybridized carbons (Fsp3) is 0.214. The summed E-state index contributed by atoms with van der Waals surface area (Å²) in [6, 6.07) is 11.3. The maximum Gasteiger partial charge on any atom is 0.169 e. The monoisotopic (exact) mass is 248 g/mol. The Hall–Kier alpha value is -1.54. The Kier molecular flexibility index (Phi) is 3.34. The molecule has 0 aliphatic heterocycles. The topological polar surface area (TPSA) is 26.3 Å². The van der Waals surface area contributed by atoms with Crippen LogP contribution in [0.4, 0.5) is 0 Å². The van der Waals surface area contributed by atoms with Crippen LogP contribution in [0.3, 0.4) is 0 Å². The van der Waals surface area contributed by atoms with Gasteiger partial charge in [0.2, 0.25) is 0 Å². The number of halogens is 1. The van der Waals surface area contributed by atoms with Crippen molar-refractivity contribution in [3.63, 3.8) is 0 Å². The molecule has 0 aliphatic rings. The number of rotatable bonds is 3. The minimum absolute atomic E-state index is 0.00373. The molecule has 0 heterocycles. The molecule has 1 unspecified atom stereocenters. The van der Waals surface area contributed by atoms with E-state index in [1.165, 1.54) is 6.92 Å². The number of benzene rings is 2. The standard InChI is InChI=1S/C14H13ClO2/c1-9(16)10(2)17-14-8-7-13(15)11-5-3-4-6-12(11)14/h3-8,10H,1-2H3. The molecular weight excluding hydrogens is 236 g/mol. The number of ketones is 1. The largest absolute Gasteiger partial charge is 0.482 e. The second-order valence-corrected chi connectivity index (χ2v) is 4.37. The van der Waals surface area contributed by atoms with E-state index in [4.69, 9.17) is 16.3 Å². The number of carbonyl (C=O) groups is 1. The number of fused-ring (bicyclic) bond motifs is 1. The average Bonchev–Trinajstić information content (AvgIpc) is 2.33. The Morgan fingerprint density at radius 1 is 1.18 bits per heavy atom. The van der Waals surface area contributed by atoms with Gasteiger partial charge in [0.15, 0.2) is 11.9 Å². The molecule has 2 nitrogen and oxygen atoms in total. The predicted molar refractivity (Wildman–Crippen MR) is 69.7 cm³/mol. The molecule has 3 heteroatoms. The highest BCUT2D eigenvalue weighted by molar-refractivity contribution is 6.35. The third-order valence-electron chi connectivity index (χ3n) is 2.71. The zero-order valence-corrected chi connectivity index (χ0v) is 10.5. The van der Waals surface area contributed by atoms with Gasteiger partial charge in [0.25, 0.3) is 0 Å². The second kappa shape index (κ2) is 4.76. The second-order valence-electron chi connectivity index (χ2n) is 3.96. The Morgan fingerprint density at radius 2 is 1.82 bits per heavy atom. The summed E-state index contributed by atoms with van der Waals surface area (Å²) in [4.78, 5) is 11.2. The molecule has 0 radical (unpaired) electrons. The normalized spacial score (nSPS) is 12.4. The van der Waals surface area contributed by atoms with E-state index in [1.807, 2.05) is 24.3 Å². The third kappa shape index (κ3) is 2.42. The lowest BCUT2D eigenvalue weighted by Gasteiger charge is -2.14. The van der Waals surface area contributed by atoms with Crippen LogP contribution in [0.25, 0.3) is 10.8 Å². The highest BCUT2D eigenvalue weighted by atomic mass is 35.5. The van der Waals surface area contributed by atoms with E-state index in [9.17, 15) is 4.79 Å². The van der Waals surface area contributed by atoms with Crippen LogP contribution in [-0.4, -0.2) is 11.9 Å². The van der Waals surface area contributed by atoms with Crippen LogP contribution in [0.2, 0.25) is 5.02 Å². The number of hydrogen-bond donors (Lipinski definition) is 0. The first-order valence-electron chi connectivity index (χ1n) is 5.44. The van der Waals surface area contributed by atoms with Crippen LogP contribution in [0.1, 0.15) is 13.8 Å². The molecule has 1 atom stereocenters. The molecule has 2 aromatic rings. The molecule has 0 saturated carbocycles. The van der Waals surface area contributed by atoms with Crippen molar-refractivity contribution in [1.29, 1.82) is 0 Å². The highest BCUT2D eigenvalue weighted by Crippen LogP contribution is 2.31. The quantitative estimate of drug-likeness (QED) is 0.825. The lowest BCUT2D eigenvalue weighted by atomic mass is 10.1. The van der Waals surface area contributed by atoms with Gasteiger partial charge in [0, 0.05) is 15.8 Å². The SMILES string of the molecule is CC(=O)C(C)Oc1ccc(Cl)c2ccccc12. The summed E-state index contributed by atoms with van der Waals surface area (Å²) in [6.07, 6.45) is -0.445. The molecular formula is C14H13ClO2. The van der Waals surface area contributed by atoms with Gasteiger partial charge in [-0.05, 0) is 26.0 Å². The first-order chi connectivity index (χ1) is 8.09. The van der Waals surface area contributed by atoms with Gasteiger partial charge in [-0.2, -0.15) is 0 Å². The van der Waals surface area contributed by atoms with E-state index < -0.39 is 6.10 Å². The molecule has 2 aromatic carbocycles. The zero-order chi connectivity index (χ0) is 12.4. The molecule has 0 amide bonds. The fourth-order valence-corrected chi connectivity index (χ4v) is 1.84. The molecule has 0 aliphatic carbocycles. The first kappa shape index (κ1) is 11.9. The van der Waals surface area contributed by atoms with E-state index in [1.54, 1.807) is 19.1 Å². The Bertz CT molecular complexity index is 563. The maximum absolute atomic E-state index is 11.2. The molecule has 0 N–H and O–H groups in total. The van der Waals surface area contributed by atoms with Crippen molar-refractivity contribution >= 4 is 28.2 Å². The van der Waals surface area contributed by atoms with Crippen LogP contribution in [0, 0.1) is 0 Å². The van der Waals surface area contributed by atoms with Crippen LogP contribution in [0.15, 0.2) is 36.4 Å². The van der Waals surface area contributed by atoms with E-state index >= 15 is 0 Å². The van der Waals surface area contributed by atoms with Gasteiger partial charge in [0.1, 0.15) is 5.75 Å². The molecule has 2 rings (SSSR count). The number of Topliss-reactive ketones (excluding diaryl/α,β-unsaturated/α-hetero) is 1. The van der Waals surface area contributed by atoms with Crippen molar-refractivity contribution in [2.45, 2.75) is 20.0 Å². The van der Waals surface area contributed by atoms with Crippen molar-refractivity contribution < 1.29 is 9.53 Å². The summed E-state index contributed by atoms with van der Waals surface area (Å²) in [5.41, 5.74) is 0. The van der Waals surface area contributed by atoms with Crippen LogP contribution < -0.4 is 4.74 Å². The molecule has 0 bridgehead atoms. The average molecular weight is 249 g/mol. The summed E-state index contributed by atoms with van der Waals surface area (Å²) >= 11 is 6.11. The lowest BCUT2D eigenvalue weighted by Crippen LogP contribution is -2.20. The summed E-state index contributed by atoms with van der Waals surface area (Å²) in [6.45, 7) is 3.26. The Morgan fingerprint density at radius 3 is 2.47 bits per heavy atom. The minimum Gasteiger partial charge on any atom is -0.482 e. The van der Waals surface area contributed by atoms with Crippen molar-refractivity contribution in [2.75, 3.05) is 0 Å². The van der Waals surface area contributed by atoms with Crippen molar-refractivity contribution in [1.82, 2.24) is 0 Å². The molecule has 0 spiro atoms. The molecule has 88 valence electrons. The van der Waals surface area contributed by atoms with Gasteiger partial charge in [-0.1, -0.05) is 35.9 Å². The van der Waals surface area contributed by atoms with Gasteiger partial charge in [-0.15, -0.1) is 0 Å². The lowest BCUT2D eigenvalue weighted by molar-refractivity contribution is -0.122. The van der Waals surface area contributed by atoms with Gasteiger partial charge in [-0.3, -0.25) is 4.79 Å². The molecule has 0 saturated heterocycles. The Labute approximate surface area is 105 Å². The number of ether oxygens (including phenoxy) is 1. The maximum atomic E-state index is 11.2. The first-order valence-corrected chi connectivity index (χ1v) is 5.81. The summed E-state index contributed by atoms with van der Waals surface area (Å²) in [5, 5.41) is 2.54. The number of hydrogen-bond acceptors (Lipinski definition) is 2.